The maximum Gasteiger partial charge on any atom is 0.229 e. The van der Waals surface area contributed by atoms with Gasteiger partial charge in [-0.05, 0) is 6.07 Å². The Kier molecular flexibility index (Phi) is 2.41. The van der Waals surface area contributed by atoms with Crippen molar-refractivity contribution in [3.63, 3.8) is 0 Å². The van der Waals surface area contributed by atoms with E-state index in [2.05, 4.69) is 0 Å². The van der Waals surface area contributed by atoms with Gasteiger partial charge in [0.2, 0.25) is 7.37 Å². The maximum absolute atomic E-state index is 12.9. The van der Waals surface area contributed by atoms with E-state index in [0.717, 1.165) is 6.66 Å². The van der Waals surface area contributed by atoms with Crippen LogP contribution in [0.25, 0.3) is 0 Å². The molecule has 0 aliphatic carbocycles. The Hall–Kier alpha value is -0.930. The summed E-state index contributed by atoms with van der Waals surface area (Å²) in [7, 11) is -3.77. The highest BCUT2D eigenvalue weighted by molar-refractivity contribution is 7.65. The first kappa shape index (κ1) is 10.2. The van der Waals surface area contributed by atoms with Gasteiger partial charge in [0.25, 0.3) is 0 Å². The fourth-order valence-corrected chi connectivity index (χ4v) is 1.68. The Bertz CT molecular complexity index is 388. The molecule has 0 heterocycles. The van der Waals surface area contributed by atoms with Gasteiger partial charge in [0, 0.05) is 12.7 Å². The molecule has 0 radical (unpaired) electrons. The van der Waals surface area contributed by atoms with Crippen LogP contribution >= 0.6 is 7.37 Å². The average molecular weight is 207 g/mol. The molecule has 1 aromatic rings. The van der Waals surface area contributed by atoms with Gasteiger partial charge in [-0.1, -0.05) is 0 Å². The van der Waals surface area contributed by atoms with E-state index < -0.39 is 24.3 Å². The second kappa shape index (κ2) is 3.09. The maximum atomic E-state index is 12.9. The zero-order chi connectivity index (χ0) is 10.2. The first-order valence-corrected chi connectivity index (χ1v) is 5.48. The standard InChI is InChI=1S/C7H8F2NO2P/c1-13(11,12)7-3-4(8)6(10)2-5(7)9/h2-3H,10H2,1H3,(H,11,12). The van der Waals surface area contributed by atoms with Crippen molar-refractivity contribution in [1.29, 1.82) is 0 Å². The Morgan fingerprint density at radius 3 is 2.38 bits per heavy atom. The SMILES string of the molecule is CP(=O)(O)c1cc(F)c(N)cc1F. The number of nitrogens with two attached hydrogens (primary N) is 1. The fourth-order valence-electron chi connectivity index (χ4n) is 0.870. The summed E-state index contributed by atoms with van der Waals surface area (Å²) in [5, 5.41) is -0.542. The third kappa shape index (κ3) is 2.05. The lowest BCUT2D eigenvalue weighted by Crippen LogP contribution is -2.11. The molecule has 0 aromatic heterocycles. The second-order valence-electron chi connectivity index (χ2n) is 2.70. The molecule has 72 valence electrons. The Morgan fingerprint density at radius 2 is 1.92 bits per heavy atom. The van der Waals surface area contributed by atoms with E-state index in [0.29, 0.717) is 12.1 Å². The predicted octanol–water partition coefficient (Wildman–Crippen LogP) is 1.07. The summed E-state index contributed by atoms with van der Waals surface area (Å²) in [6, 6.07) is 1.34. The van der Waals surface area contributed by atoms with Crippen LogP contribution in [0, 0.1) is 11.6 Å². The number of anilines is 1. The van der Waals surface area contributed by atoms with Gasteiger partial charge in [-0.15, -0.1) is 0 Å². The highest BCUT2D eigenvalue weighted by Crippen LogP contribution is 2.35. The van der Waals surface area contributed by atoms with Crippen molar-refractivity contribution >= 4 is 18.4 Å². The number of nitrogen functional groups attached to an aromatic ring is 1. The van der Waals surface area contributed by atoms with Crippen LogP contribution in [-0.4, -0.2) is 11.6 Å². The van der Waals surface area contributed by atoms with Crippen molar-refractivity contribution in [2.24, 2.45) is 0 Å². The zero-order valence-corrected chi connectivity index (χ0v) is 7.69. The number of hydrogen-bond donors (Lipinski definition) is 2. The lowest BCUT2D eigenvalue weighted by Gasteiger charge is -2.07. The van der Waals surface area contributed by atoms with Gasteiger partial charge in [0.15, 0.2) is 0 Å². The molecule has 1 unspecified atom stereocenters. The zero-order valence-electron chi connectivity index (χ0n) is 6.79. The van der Waals surface area contributed by atoms with Crippen LogP contribution < -0.4 is 11.0 Å². The topological polar surface area (TPSA) is 63.3 Å². The summed E-state index contributed by atoms with van der Waals surface area (Å²) in [5.74, 6) is -1.86. The molecule has 0 bridgehead atoms. The first-order valence-electron chi connectivity index (χ1n) is 3.37. The van der Waals surface area contributed by atoms with E-state index in [1.165, 1.54) is 0 Å². The molecule has 1 atom stereocenters. The number of hydrogen-bond acceptors (Lipinski definition) is 2. The van der Waals surface area contributed by atoms with Gasteiger partial charge in [0.05, 0.1) is 11.0 Å². The van der Waals surface area contributed by atoms with Crippen molar-refractivity contribution in [1.82, 2.24) is 0 Å². The van der Waals surface area contributed by atoms with E-state index >= 15 is 0 Å². The Labute approximate surface area is 73.6 Å². The summed E-state index contributed by atoms with van der Waals surface area (Å²) in [6.45, 7) is 0.932. The molecule has 0 saturated carbocycles. The van der Waals surface area contributed by atoms with Gasteiger partial charge >= 0.3 is 0 Å². The summed E-state index contributed by atoms with van der Waals surface area (Å²) >= 11 is 0. The normalized spacial score (nSPS) is 15.4. The molecule has 0 fully saturated rings. The first-order chi connectivity index (χ1) is 5.82. The second-order valence-corrected chi connectivity index (χ2v) is 4.94. The third-order valence-corrected chi connectivity index (χ3v) is 2.75. The van der Waals surface area contributed by atoms with Crippen molar-refractivity contribution < 1.29 is 18.2 Å². The van der Waals surface area contributed by atoms with Gasteiger partial charge in [0.1, 0.15) is 11.6 Å². The highest BCUT2D eigenvalue weighted by atomic mass is 31.2. The van der Waals surface area contributed by atoms with Crippen LogP contribution in [0.4, 0.5) is 14.5 Å². The molecule has 3 N–H and O–H groups in total. The Balaban J connectivity index is 3.41. The molecule has 1 rings (SSSR count). The minimum Gasteiger partial charge on any atom is -0.396 e. The molecule has 0 saturated heterocycles. The highest BCUT2D eigenvalue weighted by Gasteiger charge is 2.20. The molecule has 0 aliphatic heterocycles. The number of benzene rings is 1. The van der Waals surface area contributed by atoms with Gasteiger partial charge < -0.3 is 10.6 Å². The summed E-state index contributed by atoms with van der Waals surface area (Å²) < 4.78 is 36.7. The van der Waals surface area contributed by atoms with Gasteiger partial charge in [-0.2, -0.15) is 0 Å². The van der Waals surface area contributed by atoms with Crippen molar-refractivity contribution in [2.75, 3.05) is 12.4 Å². The molecular weight excluding hydrogens is 199 g/mol. The van der Waals surface area contributed by atoms with Crippen molar-refractivity contribution in [3.8, 4) is 0 Å². The minimum atomic E-state index is -3.77. The molecule has 6 heteroatoms. The smallest absolute Gasteiger partial charge is 0.229 e. The molecule has 13 heavy (non-hydrogen) atoms. The molecule has 1 aromatic carbocycles. The monoisotopic (exact) mass is 207 g/mol. The molecule has 0 amide bonds. The van der Waals surface area contributed by atoms with E-state index in [-0.39, 0.29) is 5.69 Å². The van der Waals surface area contributed by atoms with Gasteiger partial charge in [-0.25, -0.2) is 8.78 Å². The third-order valence-electron chi connectivity index (χ3n) is 1.51. The average Bonchev–Trinajstić information content (AvgIpc) is 1.94. The molecule has 0 spiro atoms. The molecular formula is C7H8F2NO2P. The van der Waals surface area contributed by atoms with Crippen molar-refractivity contribution in [2.45, 2.75) is 0 Å². The molecule has 3 nitrogen and oxygen atoms in total. The van der Waals surface area contributed by atoms with E-state index in [1.54, 1.807) is 0 Å². The van der Waals surface area contributed by atoms with E-state index in [4.69, 9.17) is 10.6 Å². The van der Waals surface area contributed by atoms with Crippen LogP contribution in [-0.2, 0) is 4.57 Å². The largest absolute Gasteiger partial charge is 0.396 e. The van der Waals surface area contributed by atoms with E-state index in [1.807, 2.05) is 0 Å². The van der Waals surface area contributed by atoms with Crippen molar-refractivity contribution in [3.05, 3.63) is 23.8 Å². The van der Waals surface area contributed by atoms with Crippen LogP contribution in [0.5, 0.6) is 0 Å². The summed E-state index contributed by atoms with van der Waals surface area (Å²) in [6.07, 6.45) is 0. The summed E-state index contributed by atoms with van der Waals surface area (Å²) in [5.41, 5.74) is 4.67. The van der Waals surface area contributed by atoms with Crippen LogP contribution in [0.1, 0.15) is 0 Å². The quantitative estimate of drug-likeness (QED) is 0.534. The summed E-state index contributed by atoms with van der Waals surface area (Å²) in [4.78, 5) is 8.99. The van der Waals surface area contributed by atoms with Crippen LogP contribution in [0.2, 0.25) is 0 Å². The number of halogens is 2. The number of rotatable bonds is 1. The van der Waals surface area contributed by atoms with Crippen LogP contribution in [0.3, 0.4) is 0 Å². The lowest BCUT2D eigenvalue weighted by molar-refractivity contribution is 0.493. The minimum absolute atomic E-state index is 0.380. The lowest BCUT2D eigenvalue weighted by atomic mass is 10.3. The van der Waals surface area contributed by atoms with Crippen LogP contribution in [0.15, 0.2) is 12.1 Å². The molecule has 0 aliphatic rings. The fraction of sp³-hybridized carbons (Fsp3) is 0.143. The predicted molar refractivity (Wildman–Crippen MR) is 46.2 cm³/mol. The Morgan fingerprint density at radius 1 is 1.38 bits per heavy atom. The van der Waals surface area contributed by atoms with Gasteiger partial charge in [-0.3, -0.25) is 4.57 Å². The van der Waals surface area contributed by atoms with E-state index in [9.17, 15) is 13.3 Å².